The minimum absolute atomic E-state index is 0.496. The highest BCUT2D eigenvalue weighted by Gasteiger charge is 2.00. The van der Waals surface area contributed by atoms with Crippen LogP contribution in [0.3, 0.4) is 0 Å². The van der Waals surface area contributed by atoms with Gasteiger partial charge in [0, 0.05) is 31.2 Å². The van der Waals surface area contributed by atoms with Crippen molar-refractivity contribution < 1.29 is 0 Å². The summed E-state index contributed by atoms with van der Waals surface area (Å²) in [5.74, 6) is 0.496. The fourth-order valence-electron chi connectivity index (χ4n) is 2.86. The number of benzene rings is 1. The molecule has 0 aliphatic carbocycles. The minimum Gasteiger partial charge on any atom is -0.386 e. The number of H-pyrrole nitrogens is 1. The molecule has 6 heteroatoms. The molecular weight excluding hydrogens is 336 g/mol. The molecule has 0 unspecified atom stereocenters. The lowest BCUT2D eigenvalue weighted by molar-refractivity contribution is 0.602. The number of nitrogen functional groups attached to an aromatic ring is 1. The summed E-state index contributed by atoms with van der Waals surface area (Å²) in [6, 6.07) is 10.4. The molecule has 2 rings (SSSR count). The Morgan fingerprint density at radius 1 is 1.19 bits per heavy atom. The first-order chi connectivity index (χ1) is 13.2. The lowest BCUT2D eigenvalue weighted by Crippen LogP contribution is -2.28. The van der Waals surface area contributed by atoms with Crippen molar-refractivity contribution in [3.05, 3.63) is 65.3 Å². The van der Waals surface area contributed by atoms with E-state index >= 15 is 0 Å². The van der Waals surface area contributed by atoms with E-state index in [9.17, 15) is 0 Å². The summed E-state index contributed by atoms with van der Waals surface area (Å²) in [6.07, 6.45) is 11.5. The summed E-state index contributed by atoms with van der Waals surface area (Å²) in [7, 11) is 1.89. The Bertz CT molecular complexity index is 717. The summed E-state index contributed by atoms with van der Waals surface area (Å²) in [6.45, 7) is 2.96. The van der Waals surface area contributed by atoms with Crippen molar-refractivity contribution >= 4 is 12.0 Å². The maximum atomic E-state index is 5.59. The summed E-state index contributed by atoms with van der Waals surface area (Å²) >= 11 is 0. The van der Waals surface area contributed by atoms with E-state index in [-0.39, 0.29) is 0 Å². The fourth-order valence-corrected chi connectivity index (χ4v) is 2.86. The normalized spacial score (nSPS) is 12.2. The van der Waals surface area contributed by atoms with E-state index in [1.165, 1.54) is 11.1 Å². The Kier molecular flexibility index (Phi) is 9.00. The molecule has 0 fully saturated rings. The molecule has 0 bridgehead atoms. The number of nitrogens with zero attached hydrogens (tertiary/aromatic N) is 1. The molecule has 0 saturated carbocycles. The number of aryl methyl sites for hydroxylation is 1. The minimum atomic E-state index is 0.496. The van der Waals surface area contributed by atoms with Crippen LogP contribution in [0.4, 0.5) is 5.95 Å². The molecule has 0 aliphatic rings. The van der Waals surface area contributed by atoms with Crippen LogP contribution in [0.2, 0.25) is 0 Å². The third-order valence-corrected chi connectivity index (χ3v) is 4.20. The number of allylic oxidation sites excluding steroid dienone is 1. The number of imidazole rings is 1. The van der Waals surface area contributed by atoms with Gasteiger partial charge in [-0.05, 0) is 38.2 Å². The second kappa shape index (κ2) is 11.8. The van der Waals surface area contributed by atoms with Gasteiger partial charge in [0.2, 0.25) is 0 Å². The summed E-state index contributed by atoms with van der Waals surface area (Å²) < 4.78 is 0. The standard InChI is InChI=1S/C21H32N6/c1-17(13-18-9-5-3-6-10-18)14-24-15-20(27-23-2)12-8-4-7-11-19-16-25-21(22)26-19/h3,5-6,9-10,13,15-16,23-24,27H,4,7-8,11-12,14H2,1-2H3,(H3,22,25,26)/b17-13+,20-15-. The Balaban J connectivity index is 1.69. The van der Waals surface area contributed by atoms with E-state index in [0.29, 0.717) is 5.95 Å². The molecule has 1 heterocycles. The average molecular weight is 369 g/mol. The predicted octanol–water partition coefficient (Wildman–Crippen LogP) is 3.35. The molecule has 1 aromatic carbocycles. The molecule has 0 atom stereocenters. The maximum absolute atomic E-state index is 5.59. The summed E-state index contributed by atoms with van der Waals surface area (Å²) in [4.78, 5) is 7.09. The zero-order valence-corrected chi connectivity index (χ0v) is 16.4. The molecule has 6 N–H and O–H groups in total. The number of aromatic amines is 1. The molecule has 146 valence electrons. The largest absolute Gasteiger partial charge is 0.386 e. The maximum Gasteiger partial charge on any atom is 0.197 e. The quantitative estimate of drug-likeness (QED) is 0.293. The van der Waals surface area contributed by atoms with E-state index in [1.54, 1.807) is 0 Å². The van der Waals surface area contributed by atoms with Crippen LogP contribution in [0.5, 0.6) is 0 Å². The molecule has 0 radical (unpaired) electrons. The average Bonchev–Trinajstić information content (AvgIpc) is 3.07. The van der Waals surface area contributed by atoms with Crippen molar-refractivity contribution in [3.8, 4) is 0 Å². The van der Waals surface area contributed by atoms with E-state index in [1.807, 2.05) is 19.3 Å². The summed E-state index contributed by atoms with van der Waals surface area (Å²) in [5, 5.41) is 3.40. The van der Waals surface area contributed by atoms with E-state index in [2.05, 4.69) is 69.6 Å². The van der Waals surface area contributed by atoms with Crippen molar-refractivity contribution in [2.24, 2.45) is 0 Å². The first-order valence-electron chi connectivity index (χ1n) is 9.54. The van der Waals surface area contributed by atoms with Crippen LogP contribution < -0.4 is 21.9 Å². The summed E-state index contributed by atoms with van der Waals surface area (Å²) in [5.41, 5.74) is 16.6. The number of hydrogen-bond acceptors (Lipinski definition) is 5. The van der Waals surface area contributed by atoms with Crippen molar-refractivity contribution in [2.45, 2.75) is 39.0 Å². The number of rotatable bonds is 12. The van der Waals surface area contributed by atoms with Crippen LogP contribution in [0.1, 0.15) is 43.9 Å². The van der Waals surface area contributed by atoms with Gasteiger partial charge in [-0.2, -0.15) is 0 Å². The van der Waals surface area contributed by atoms with Gasteiger partial charge in [-0.15, -0.1) is 0 Å². The van der Waals surface area contributed by atoms with E-state index in [0.717, 1.165) is 50.0 Å². The van der Waals surface area contributed by atoms with Gasteiger partial charge >= 0.3 is 0 Å². The van der Waals surface area contributed by atoms with Crippen LogP contribution in [0.25, 0.3) is 6.08 Å². The van der Waals surface area contributed by atoms with Crippen LogP contribution in [0, 0.1) is 0 Å². The van der Waals surface area contributed by atoms with Crippen LogP contribution in [-0.4, -0.2) is 23.6 Å². The molecule has 27 heavy (non-hydrogen) atoms. The number of hydrazine groups is 1. The van der Waals surface area contributed by atoms with Gasteiger partial charge in [0.1, 0.15) is 0 Å². The lowest BCUT2D eigenvalue weighted by Gasteiger charge is -2.11. The number of aromatic nitrogens is 2. The first kappa shape index (κ1) is 20.6. The third-order valence-electron chi connectivity index (χ3n) is 4.20. The second-order valence-electron chi connectivity index (χ2n) is 6.68. The van der Waals surface area contributed by atoms with Crippen molar-refractivity contribution in [1.82, 2.24) is 26.1 Å². The zero-order valence-electron chi connectivity index (χ0n) is 16.4. The first-order valence-corrected chi connectivity index (χ1v) is 9.54. The van der Waals surface area contributed by atoms with Gasteiger partial charge in [0.25, 0.3) is 0 Å². The van der Waals surface area contributed by atoms with Gasteiger partial charge in [-0.1, -0.05) is 48.4 Å². The van der Waals surface area contributed by atoms with Gasteiger partial charge in [0.15, 0.2) is 5.95 Å². The second-order valence-corrected chi connectivity index (χ2v) is 6.68. The zero-order chi connectivity index (χ0) is 19.3. The van der Waals surface area contributed by atoms with Gasteiger partial charge in [0.05, 0.1) is 6.20 Å². The number of nitrogens with one attached hydrogen (secondary N) is 4. The van der Waals surface area contributed by atoms with E-state index in [4.69, 9.17) is 5.73 Å². The third kappa shape index (κ3) is 8.46. The van der Waals surface area contributed by atoms with Crippen molar-refractivity contribution in [1.29, 1.82) is 0 Å². The molecular formula is C21H32N6. The number of anilines is 1. The van der Waals surface area contributed by atoms with Crippen LogP contribution in [0.15, 0.2) is 54.0 Å². The van der Waals surface area contributed by atoms with Gasteiger partial charge in [-0.25, -0.2) is 10.4 Å². The highest BCUT2D eigenvalue weighted by molar-refractivity contribution is 5.52. The monoisotopic (exact) mass is 368 g/mol. The fraction of sp³-hybridized carbons (Fsp3) is 0.381. The lowest BCUT2D eigenvalue weighted by atomic mass is 10.1. The van der Waals surface area contributed by atoms with Crippen molar-refractivity contribution in [2.75, 3.05) is 19.3 Å². The van der Waals surface area contributed by atoms with E-state index < -0.39 is 0 Å². The molecule has 1 aromatic heterocycles. The number of nitrogens with two attached hydrogens (primary N) is 1. The Morgan fingerprint density at radius 2 is 2.00 bits per heavy atom. The molecule has 0 aliphatic heterocycles. The molecule has 6 nitrogen and oxygen atoms in total. The topological polar surface area (TPSA) is 90.8 Å². The Labute approximate surface area is 162 Å². The molecule has 2 aromatic rings. The van der Waals surface area contributed by atoms with Crippen LogP contribution in [-0.2, 0) is 6.42 Å². The molecule has 0 saturated heterocycles. The van der Waals surface area contributed by atoms with Gasteiger partial charge in [-0.3, -0.25) is 0 Å². The smallest absolute Gasteiger partial charge is 0.197 e. The molecule has 0 amide bonds. The van der Waals surface area contributed by atoms with Crippen molar-refractivity contribution in [3.63, 3.8) is 0 Å². The number of hydrogen-bond donors (Lipinski definition) is 5. The molecule has 0 spiro atoms. The predicted molar refractivity (Wildman–Crippen MR) is 114 cm³/mol. The van der Waals surface area contributed by atoms with Crippen LogP contribution >= 0.6 is 0 Å². The SMILES string of the molecule is CNN/C(=C\NC/C(C)=C/c1ccccc1)CCCCCc1cnc(N)[nH]1. The highest BCUT2D eigenvalue weighted by atomic mass is 15.3. The Morgan fingerprint density at radius 3 is 2.70 bits per heavy atom. The van der Waals surface area contributed by atoms with Gasteiger partial charge < -0.3 is 21.5 Å². The Hall–Kier alpha value is -2.73. The number of unbranched alkanes of at least 4 members (excludes halogenated alkanes) is 2. The highest BCUT2D eigenvalue weighted by Crippen LogP contribution is 2.10.